The highest BCUT2D eigenvalue weighted by molar-refractivity contribution is 5.57. The lowest BCUT2D eigenvalue weighted by atomic mass is 10.2. The minimum atomic E-state index is -0.254. The molecule has 3 aromatic rings. The Balaban J connectivity index is 1.42. The molecule has 1 aromatic heterocycles. The number of aryl methyl sites for hydroxylation is 1. The first-order valence-corrected chi connectivity index (χ1v) is 9.09. The van der Waals surface area contributed by atoms with Crippen LogP contribution in [0.1, 0.15) is 5.56 Å². The summed E-state index contributed by atoms with van der Waals surface area (Å²) < 4.78 is 13.0. The van der Waals surface area contributed by atoms with Crippen molar-refractivity contribution in [1.29, 1.82) is 0 Å². The second-order valence-corrected chi connectivity index (χ2v) is 6.69. The van der Waals surface area contributed by atoms with Crippen molar-refractivity contribution in [2.45, 2.75) is 6.92 Å². The highest BCUT2D eigenvalue weighted by Crippen LogP contribution is 2.21. The summed E-state index contributed by atoms with van der Waals surface area (Å²) in [5, 5.41) is 3.20. The summed E-state index contributed by atoms with van der Waals surface area (Å²) >= 11 is 0. The SMILES string of the molecule is Cc1cccc(N2CCN(c3nccc(Nc4ccc(F)cc4)n3)CC2)c1. The number of hydrogen-bond donors (Lipinski definition) is 1. The fourth-order valence-corrected chi connectivity index (χ4v) is 3.24. The molecule has 0 saturated carbocycles. The molecule has 4 rings (SSSR count). The Labute approximate surface area is 158 Å². The van der Waals surface area contributed by atoms with Crippen molar-refractivity contribution >= 4 is 23.1 Å². The van der Waals surface area contributed by atoms with E-state index in [4.69, 9.17) is 0 Å². The fraction of sp³-hybridized carbons (Fsp3) is 0.238. The highest BCUT2D eigenvalue weighted by atomic mass is 19.1. The van der Waals surface area contributed by atoms with Crippen LogP contribution in [0.3, 0.4) is 0 Å². The van der Waals surface area contributed by atoms with E-state index in [1.807, 2.05) is 6.07 Å². The zero-order valence-electron chi connectivity index (χ0n) is 15.3. The first-order valence-electron chi connectivity index (χ1n) is 9.09. The van der Waals surface area contributed by atoms with Gasteiger partial charge in [-0.1, -0.05) is 12.1 Å². The van der Waals surface area contributed by atoms with Crippen LogP contribution in [0.2, 0.25) is 0 Å². The second-order valence-electron chi connectivity index (χ2n) is 6.69. The van der Waals surface area contributed by atoms with Crippen LogP contribution in [-0.4, -0.2) is 36.1 Å². The van der Waals surface area contributed by atoms with Gasteiger partial charge in [-0.05, 0) is 55.0 Å². The van der Waals surface area contributed by atoms with Crippen molar-refractivity contribution in [2.24, 2.45) is 0 Å². The van der Waals surface area contributed by atoms with Gasteiger partial charge in [0.25, 0.3) is 0 Å². The van der Waals surface area contributed by atoms with E-state index in [0.29, 0.717) is 11.8 Å². The topological polar surface area (TPSA) is 44.3 Å². The number of benzene rings is 2. The van der Waals surface area contributed by atoms with Gasteiger partial charge in [-0.2, -0.15) is 4.98 Å². The largest absolute Gasteiger partial charge is 0.368 e. The maximum Gasteiger partial charge on any atom is 0.227 e. The molecule has 0 bridgehead atoms. The van der Waals surface area contributed by atoms with Crippen LogP contribution >= 0.6 is 0 Å². The average Bonchev–Trinajstić information content (AvgIpc) is 2.70. The molecular weight excluding hydrogens is 341 g/mol. The summed E-state index contributed by atoms with van der Waals surface area (Å²) in [7, 11) is 0. The van der Waals surface area contributed by atoms with Crippen LogP contribution in [0.4, 0.5) is 27.5 Å². The number of piperazine rings is 1. The fourth-order valence-electron chi connectivity index (χ4n) is 3.24. The predicted octanol–water partition coefficient (Wildman–Crippen LogP) is 3.99. The van der Waals surface area contributed by atoms with E-state index in [1.165, 1.54) is 23.4 Å². The molecule has 1 N–H and O–H groups in total. The summed E-state index contributed by atoms with van der Waals surface area (Å²) in [6, 6.07) is 16.7. The first-order chi connectivity index (χ1) is 13.2. The zero-order valence-corrected chi connectivity index (χ0v) is 15.3. The van der Waals surface area contributed by atoms with Crippen molar-refractivity contribution in [3.63, 3.8) is 0 Å². The van der Waals surface area contributed by atoms with Gasteiger partial charge in [0.15, 0.2) is 0 Å². The van der Waals surface area contributed by atoms with Gasteiger partial charge in [0.1, 0.15) is 11.6 Å². The van der Waals surface area contributed by atoms with Crippen molar-refractivity contribution in [1.82, 2.24) is 9.97 Å². The van der Waals surface area contributed by atoms with Crippen molar-refractivity contribution < 1.29 is 4.39 Å². The Morgan fingerprint density at radius 1 is 0.926 bits per heavy atom. The van der Waals surface area contributed by atoms with Crippen molar-refractivity contribution in [3.8, 4) is 0 Å². The van der Waals surface area contributed by atoms with E-state index in [1.54, 1.807) is 18.3 Å². The minimum Gasteiger partial charge on any atom is -0.368 e. The van der Waals surface area contributed by atoms with Crippen LogP contribution in [0.15, 0.2) is 60.8 Å². The van der Waals surface area contributed by atoms with Gasteiger partial charge < -0.3 is 15.1 Å². The second kappa shape index (κ2) is 7.61. The smallest absolute Gasteiger partial charge is 0.227 e. The number of anilines is 4. The molecule has 1 saturated heterocycles. The Hall–Kier alpha value is -3.15. The van der Waals surface area contributed by atoms with Crippen molar-refractivity contribution in [2.75, 3.05) is 41.3 Å². The van der Waals surface area contributed by atoms with Gasteiger partial charge >= 0.3 is 0 Å². The minimum absolute atomic E-state index is 0.254. The molecule has 0 unspecified atom stereocenters. The van der Waals surface area contributed by atoms with E-state index in [0.717, 1.165) is 31.9 Å². The molecule has 0 spiro atoms. The van der Waals surface area contributed by atoms with Gasteiger partial charge in [0, 0.05) is 43.8 Å². The molecule has 138 valence electrons. The first kappa shape index (κ1) is 17.3. The van der Waals surface area contributed by atoms with Gasteiger partial charge in [-0.15, -0.1) is 0 Å². The Morgan fingerprint density at radius 2 is 1.67 bits per heavy atom. The third-order valence-corrected chi connectivity index (χ3v) is 4.69. The number of rotatable bonds is 4. The van der Waals surface area contributed by atoms with Crippen LogP contribution in [-0.2, 0) is 0 Å². The average molecular weight is 363 g/mol. The van der Waals surface area contributed by atoms with E-state index < -0.39 is 0 Å². The van der Waals surface area contributed by atoms with E-state index in [2.05, 4.69) is 56.3 Å². The third-order valence-electron chi connectivity index (χ3n) is 4.69. The Morgan fingerprint density at radius 3 is 2.41 bits per heavy atom. The summed E-state index contributed by atoms with van der Waals surface area (Å²) in [5.41, 5.74) is 3.34. The highest BCUT2D eigenvalue weighted by Gasteiger charge is 2.19. The number of halogens is 1. The van der Waals surface area contributed by atoms with Gasteiger partial charge in [0.05, 0.1) is 0 Å². The summed E-state index contributed by atoms with van der Waals surface area (Å²) in [6.45, 7) is 5.72. The quantitative estimate of drug-likeness (QED) is 0.759. The molecule has 27 heavy (non-hydrogen) atoms. The number of nitrogens with one attached hydrogen (secondary N) is 1. The van der Waals surface area contributed by atoms with Gasteiger partial charge in [0.2, 0.25) is 5.95 Å². The van der Waals surface area contributed by atoms with Crippen molar-refractivity contribution in [3.05, 3.63) is 72.2 Å². The van der Waals surface area contributed by atoms with E-state index in [9.17, 15) is 4.39 Å². The lowest BCUT2D eigenvalue weighted by Crippen LogP contribution is -2.47. The van der Waals surface area contributed by atoms with Gasteiger partial charge in [-0.3, -0.25) is 0 Å². The third kappa shape index (κ3) is 4.16. The maximum absolute atomic E-state index is 13.0. The van der Waals surface area contributed by atoms with Crippen LogP contribution in [0.25, 0.3) is 0 Å². The molecule has 0 amide bonds. The van der Waals surface area contributed by atoms with Crippen LogP contribution in [0, 0.1) is 12.7 Å². The summed E-state index contributed by atoms with van der Waals surface area (Å²) in [6.07, 6.45) is 1.75. The molecule has 2 heterocycles. The number of aromatic nitrogens is 2. The molecule has 0 radical (unpaired) electrons. The summed E-state index contributed by atoms with van der Waals surface area (Å²) in [5.74, 6) is 1.16. The van der Waals surface area contributed by atoms with Gasteiger partial charge in [-0.25, -0.2) is 9.37 Å². The summed E-state index contributed by atoms with van der Waals surface area (Å²) in [4.78, 5) is 13.6. The normalized spacial score (nSPS) is 14.3. The molecule has 0 atom stereocenters. The number of hydrogen-bond acceptors (Lipinski definition) is 5. The number of nitrogens with zero attached hydrogens (tertiary/aromatic N) is 4. The molecule has 1 aliphatic rings. The molecule has 5 nitrogen and oxygen atoms in total. The molecule has 6 heteroatoms. The predicted molar refractivity (Wildman–Crippen MR) is 107 cm³/mol. The Kier molecular flexibility index (Phi) is 4.87. The molecule has 1 aliphatic heterocycles. The molecule has 2 aromatic carbocycles. The lowest BCUT2D eigenvalue weighted by Gasteiger charge is -2.36. The maximum atomic E-state index is 13.0. The molecule has 1 fully saturated rings. The molecule has 0 aliphatic carbocycles. The van der Waals surface area contributed by atoms with Crippen LogP contribution in [0.5, 0.6) is 0 Å². The van der Waals surface area contributed by atoms with E-state index >= 15 is 0 Å². The van der Waals surface area contributed by atoms with E-state index in [-0.39, 0.29) is 5.82 Å². The lowest BCUT2D eigenvalue weighted by molar-refractivity contribution is 0.628. The Bertz CT molecular complexity index is 904. The van der Waals surface area contributed by atoms with Crippen LogP contribution < -0.4 is 15.1 Å². The molecular formula is C21H22FN5. The monoisotopic (exact) mass is 363 g/mol. The zero-order chi connectivity index (χ0) is 18.6. The standard InChI is InChI=1S/C21H22FN5/c1-16-3-2-4-19(15-16)26-11-13-27(14-12-26)21-23-10-9-20(25-21)24-18-7-5-17(22)6-8-18/h2-10,15H,11-14H2,1H3,(H,23,24,25).